The summed E-state index contributed by atoms with van der Waals surface area (Å²) < 4.78 is 27.1. The molecule has 0 aliphatic carbocycles. The van der Waals surface area contributed by atoms with Gasteiger partial charge in [-0.05, 0) is 32.0 Å². The minimum Gasteiger partial charge on any atom is -0.491 e. The first-order chi connectivity index (χ1) is 17.3. The first kappa shape index (κ1) is 23.7. The Morgan fingerprint density at radius 1 is 1.17 bits per heavy atom. The van der Waals surface area contributed by atoms with Crippen molar-refractivity contribution in [1.29, 1.82) is 0 Å². The molecule has 0 saturated carbocycles. The first-order valence-corrected chi connectivity index (χ1v) is 11.6. The van der Waals surface area contributed by atoms with Crippen LogP contribution in [-0.2, 0) is 7.05 Å². The zero-order valence-electron chi connectivity index (χ0n) is 20.8. The fourth-order valence-corrected chi connectivity index (χ4v) is 4.88. The number of nitrogens with zero attached hydrogens (tertiary/aromatic N) is 5. The van der Waals surface area contributed by atoms with Crippen LogP contribution in [0.15, 0.2) is 30.6 Å². The van der Waals surface area contributed by atoms with Gasteiger partial charge in [-0.15, -0.1) is 0 Å². The summed E-state index contributed by atoms with van der Waals surface area (Å²) in [5.41, 5.74) is 2.05. The standard InChI is InChI=1S/C25H28FN7O3/c1-13-10-33(11-14(2)28-13)19-7-6-16(22-17(19)9-27-25(30-22)36-5)24(34)29-18-8-15-12-32(3)31-21(15)20(26)23(18)35-4/h6-9,12-14,28H,10-11H2,1-5H3,(H,29,34)/t13-,14+. The molecule has 5 rings (SSSR count). The van der Waals surface area contributed by atoms with Crippen molar-refractivity contribution < 1.29 is 18.7 Å². The molecular weight excluding hydrogens is 465 g/mol. The number of nitrogens with one attached hydrogen (secondary N) is 2. The number of hydrogen-bond donors (Lipinski definition) is 2. The lowest BCUT2D eigenvalue weighted by molar-refractivity contribution is 0.102. The van der Waals surface area contributed by atoms with Gasteiger partial charge in [-0.25, -0.2) is 9.37 Å². The van der Waals surface area contributed by atoms with Gasteiger partial charge in [0.2, 0.25) is 0 Å². The highest BCUT2D eigenvalue weighted by atomic mass is 19.1. The Bertz CT molecular complexity index is 1460. The molecule has 2 N–H and O–H groups in total. The number of amides is 1. The minimum absolute atomic E-state index is 0.0912. The summed E-state index contributed by atoms with van der Waals surface area (Å²) >= 11 is 0. The van der Waals surface area contributed by atoms with E-state index in [9.17, 15) is 4.79 Å². The molecule has 0 bridgehead atoms. The number of halogens is 1. The maximum Gasteiger partial charge on any atom is 0.316 e. The van der Waals surface area contributed by atoms with E-state index in [0.717, 1.165) is 24.2 Å². The number of aryl methyl sites for hydroxylation is 1. The van der Waals surface area contributed by atoms with Gasteiger partial charge in [-0.2, -0.15) is 10.1 Å². The number of fused-ring (bicyclic) bond motifs is 2. The number of anilines is 2. The van der Waals surface area contributed by atoms with Crippen molar-refractivity contribution >= 4 is 39.1 Å². The summed E-state index contributed by atoms with van der Waals surface area (Å²) in [5.74, 6) is -1.20. The van der Waals surface area contributed by atoms with Crippen LogP contribution < -0.4 is 25.0 Å². The van der Waals surface area contributed by atoms with Crippen molar-refractivity contribution in [2.45, 2.75) is 25.9 Å². The van der Waals surface area contributed by atoms with Crippen molar-refractivity contribution in [2.24, 2.45) is 7.05 Å². The summed E-state index contributed by atoms with van der Waals surface area (Å²) in [6.07, 6.45) is 3.35. The van der Waals surface area contributed by atoms with Crippen molar-refractivity contribution in [3.8, 4) is 11.8 Å². The SMILES string of the molecule is COc1ncc2c(N3C[C@@H](C)N[C@@H](C)C3)ccc(C(=O)Nc3cc4cn(C)nc4c(F)c3OC)c2n1. The fourth-order valence-electron chi connectivity index (χ4n) is 4.88. The van der Waals surface area contributed by atoms with E-state index in [-0.39, 0.29) is 23.0 Å². The highest BCUT2D eigenvalue weighted by Crippen LogP contribution is 2.35. The predicted octanol–water partition coefficient (Wildman–Crippen LogP) is 3.11. The lowest BCUT2D eigenvalue weighted by atomic mass is 10.0. The van der Waals surface area contributed by atoms with E-state index in [1.807, 2.05) is 6.07 Å². The zero-order valence-corrected chi connectivity index (χ0v) is 20.8. The fraction of sp³-hybridized carbons (Fsp3) is 0.360. The third kappa shape index (κ3) is 4.15. The maximum absolute atomic E-state index is 15.1. The highest BCUT2D eigenvalue weighted by Gasteiger charge is 2.25. The summed E-state index contributed by atoms with van der Waals surface area (Å²) in [6.45, 7) is 5.88. The molecule has 36 heavy (non-hydrogen) atoms. The Hall–Kier alpha value is -3.99. The van der Waals surface area contributed by atoms with Gasteiger partial charge in [-0.1, -0.05) is 0 Å². The van der Waals surface area contributed by atoms with E-state index in [1.54, 1.807) is 31.6 Å². The van der Waals surface area contributed by atoms with E-state index in [1.165, 1.54) is 18.9 Å². The van der Waals surface area contributed by atoms with Gasteiger partial charge in [0, 0.05) is 61.1 Å². The average Bonchev–Trinajstić information content (AvgIpc) is 3.23. The molecule has 4 aromatic rings. The number of methoxy groups -OCH3 is 2. The second-order valence-corrected chi connectivity index (χ2v) is 9.09. The van der Waals surface area contributed by atoms with E-state index >= 15 is 4.39 Å². The quantitative estimate of drug-likeness (QED) is 0.437. The van der Waals surface area contributed by atoms with Gasteiger partial charge >= 0.3 is 6.01 Å². The number of carbonyl (C=O) groups excluding carboxylic acids is 1. The molecule has 2 aromatic carbocycles. The number of rotatable bonds is 5. The van der Waals surface area contributed by atoms with Gasteiger partial charge < -0.3 is 25.0 Å². The lowest BCUT2D eigenvalue weighted by Gasteiger charge is -2.38. The highest BCUT2D eigenvalue weighted by molar-refractivity contribution is 6.14. The molecule has 0 spiro atoms. The summed E-state index contributed by atoms with van der Waals surface area (Å²) in [6, 6.07) is 6.02. The van der Waals surface area contributed by atoms with Crippen molar-refractivity contribution in [1.82, 2.24) is 25.1 Å². The van der Waals surface area contributed by atoms with Crippen molar-refractivity contribution in [3.63, 3.8) is 0 Å². The maximum atomic E-state index is 15.1. The molecule has 0 unspecified atom stereocenters. The molecule has 1 saturated heterocycles. The van der Waals surface area contributed by atoms with Crippen LogP contribution in [-0.4, -0.2) is 65.0 Å². The van der Waals surface area contributed by atoms with E-state index in [2.05, 4.69) is 44.4 Å². The number of aromatic nitrogens is 4. The Morgan fingerprint density at radius 2 is 1.92 bits per heavy atom. The van der Waals surface area contributed by atoms with Crippen LogP contribution in [0, 0.1) is 5.82 Å². The van der Waals surface area contributed by atoms with Crippen LogP contribution in [0.3, 0.4) is 0 Å². The average molecular weight is 494 g/mol. The topological polar surface area (TPSA) is 106 Å². The molecule has 0 radical (unpaired) electrons. The molecule has 1 aliphatic rings. The number of hydrogen-bond acceptors (Lipinski definition) is 8. The van der Waals surface area contributed by atoms with Crippen molar-refractivity contribution in [3.05, 3.63) is 42.0 Å². The second kappa shape index (κ2) is 9.23. The molecule has 188 valence electrons. The van der Waals surface area contributed by atoms with E-state index in [4.69, 9.17) is 9.47 Å². The molecule has 2 atom stereocenters. The van der Waals surface area contributed by atoms with Crippen LogP contribution in [0.4, 0.5) is 15.8 Å². The summed E-state index contributed by atoms with van der Waals surface area (Å²) in [5, 5.41) is 11.7. The molecule has 1 aliphatic heterocycles. The molecule has 2 aromatic heterocycles. The predicted molar refractivity (Wildman–Crippen MR) is 136 cm³/mol. The summed E-state index contributed by atoms with van der Waals surface area (Å²) in [7, 11) is 4.52. The zero-order chi connectivity index (χ0) is 25.6. The molecule has 1 amide bonds. The van der Waals surface area contributed by atoms with Crippen LogP contribution in [0.2, 0.25) is 0 Å². The molecular formula is C25H28FN7O3. The van der Waals surface area contributed by atoms with Crippen LogP contribution >= 0.6 is 0 Å². The van der Waals surface area contributed by atoms with Gasteiger partial charge in [0.25, 0.3) is 5.91 Å². The Balaban J connectivity index is 1.58. The number of ether oxygens (including phenoxy) is 2. The first-order valence-electron chi connectivity index (χ1n) is 11.6. The third-order valence-corrected chi connectivity index (χ3v) is 6.29. The number of piperazine rings is 1. The largest absolute Gasteiger partial charge is 0.491 e. The van der Waals surface area contributed by atoms with Crippen LogP contribution in [0.5, 0.6) is 11.8 Å². The van der Waals surface area contributed by atoms with Gasteiger partial charge in [0.05, 0.1) is 31.0 Å². The smallest absolute Gasteiger partial charge is 0.316 e. The van der Waals surface area contributed by atoms with Crippen molar-refractivity contribution in [2.75, 3.05) is 37.5 Å². The Morgan fingerprint density at radius 3 is 2.61 bits per heavy atom. The monoisotopic (exact) mass is 493 g/mol. The lowest BCUT2D eigenvalue weighted by Crippen LogP contribution is -2.54. The normalized spacial score (nSPS) is 18.0. The van der Waals surface area contributed by atoms with E-state index < -0.39 is 11.7 Å². The number of benzene rings is 2. The molecule has 10 nitrogen and oxygen atoms in total. The molecule has 11 heteroatoms. The molecule has 3 heterocycles. The van der Waals surface area contributed by atoms with Gasteiger partial charge in [0.15, 0.2) is 11.6 Å². The van der Waals surface area contributed by atoms with Gasteiger partial charge in [-0.3, -0.25) is 9.48 Å². The van der Waals surface area contributed by atoms with Gasteiger partial charge in [0.1, 0.15) is 5.52 Å². The Kier molecular flexibility index (Phi) is 6.09. The minimum atomic E-state index is -0.642. The van der Waals surface area contributed by atoms with Crippen LogP contribution in [0.1, 0.15) is 24.2 Å². The van der Waals surface area contributed by atoms with Crippen LogP contribution in [0.25, 0.3) is 21.8 Å². The summed E-state index contributed by atoms with van der Waals surface area (Å²) in [4.78, 5) is 24.6. The number of carbonyl (C=O) groups is 1. The van der Waals surface area contributed by atoms with E-state index in [0.29, 0.717) is 28.6 Å². The molecule has 1 fully saturated rings. The second-order valence-electron chi connectivity index (χ2n) is 9.09. The third-order valence-electron chi connectivity index (χ3n) is 6.29. The Labute approximate surface area is 207 Å².